The number of fused-ring (bicyclic) bond motifs is 1. The van der Waals surface area contributed by atoms with Crippen molar-refractivity contribution in [2.24, 2.45) is 0 Å². The topological polar surface area (TPSA) is 50.8 Å². The molecule has 0 bridgehead atoms. The van der Waals surface area contributed by atoms with Gasteiger partial charge in [-0.05, 0) is 38.0 Å². The fourth-order valence-corrected chi connectivity index (χ4v) is 2.56. The zero-order chi connectivity index (χ0) is 15.2. The first-order valence-corrected chi connectivity index (χ1v) is 7.53. The summed E-state index contributed by atoms with van der Waals surface area (Å²) in [6, 6.07) is 6.15. The molecule has 0 saturated carbocycles. The Kier molecular flexibility index (Phi) is 5.59. The standard InChI is InChI=1S/C16H24N2O3/c1-4-20-16(21-5-2)11-17-14-7-6-13-8-9-18(12(3)19)15(13)10-14/h6-7,10,16-17H,4-5,8-9,11H2,1-3H3. The first kappa shape index (κ1) is 15.8. The van der Waals surface area contributed by atoms with E-state index in [4.69, 9.17) is 9.47 Å². The van der Waals surface area contributed by atoms with E-state index in [1.807, 2.05) is 30.9 Å². The Balaban J connectivity index is 2.01. The van der Waals surface area contributed by atoms with Gasteiger partial charge in [0.1, 0.15) is 0 Å². The first-order chi connectivity index (χ1) is 10.2. The summed E-state index contributed by atoms with van der Waals surface area (Å²) in [6.45, 7) is 8.10. The molecular weight excluding hydrogens is 268 g/mol. The maximum atomic E-state index is 11.6. The Hall–Kier alpha value is -1.59. The second-order valence-electron chi connectivity index (χ2n) is 4.99. The molecule has 0 aliphatic carbocycles. The van der Waals surface area contributed by atoms with Crippen LogP contribution in [0.4, 0.5) is 11.4 Å². The minimum Gasteiger partial charge on any atom is -0.380 e. The zero-order valence-electron chi connectivity index (χ0n) is 13.0. The quantitative estimate of drug-likeness (QED) is 0.784. The van der Waals surface area contributed by atoms with E-state index < -0.39 is 0 Å². The van der Waals surface area contributed by atoms with Crippen molar-refractivity contribution in [3.05, 3.63) is 23.8 Å². The van der Waals surface area contributed by atoms with Crippen LogP contribution in [0.2, 0.25) is 0 Å². The maximum Gasteiger partial charge on any atom is 0.223 e. The molecular formula is C16H24N2O3. The molecule has 0 atom stereocenters. The molecule has 1 aliphatic heterocycles. The van der Waals surface area contributed by atoms with Crippen LogP contribution in [0.25, 0.3) is 0 Å². The van der Waals surface area contributed by atoms with Gasteiger partial charge in [-0.3, -0.25) is 4.79 Å². The molecule has 0 radical (unpaired) electrons. The number of rotatable bonds is 7. The van der Waals surface area contributed by atoms with E-state index in [1.165, 1.54) is 5.56 Å². The highest BCUT2D eigenvalue weighted by atomic mass is 16.7. The van der Waals surface area contributed by atoms with E-state index in [0.29, 0.717) is 19.8 Å². The lowest BCUT2D eigenvalue weighted by molar-refractivity contribution is -0.126. The van der Waals surface area contributed by atoms with Crippen molar-refractivity contribution < 1.29 is 14.3 Å². The Labute approximate surface area is 126 Å². The van der Waals surface area contributed by atoms with Crippen LogP contribution in [0, 0.1) is 0 Å². The van der Waals surface area contributed by atoms with E-state index in [2.05, 4.69) is 11.4 Å². The van der Waals surface area contributed by atoms with Crippen LogP contribution in [-0.2, 0) is 20.7 Å². The first-order valence-electron chi connectivity index (χ1n) is 7.53. The molecule has 0 saturated heterocycles. The van der Waals surface area contributed by atoms with Crippen molar-refractivity contribution in [2.45, 2.75) is 33.5 Å². The SMILES string of the molecule is CCOC(CNc1ccc2c(c1)N(C(C)=O)CC2)OCC. The number of nitrogens with zero attached hydrogens (tertiary/aromatic N) is 1. The van der Waals surface area contributed by atoms with E-state index in [9.17, 15) is 4.79 Å². The van der Waals surface area contributed by atoms with Gasteiger partial charge in [0, 0.05) is 38.1 Å². The summed E-state index contributed by atoms with van der Waals surface area (Å²) in [6.07, 6.45) is 0.674. The third-order valence-corrected chi connectivity index (χ3v) is 3.54. The molecule has 1 aromatic carbocycles. The van der Waals surface area contributed by atoms with Gasteiger partial charge in [-0.2, -0.15) is 0 Å². The van der Waals surface area contributed by atoms with E-state index in [1.54, 1.807) is 6.92 Å². The van der Waals surface area contributed by atoms with Gasteiger partial charge in [-0.15, -0.1) is 0 Å². The van der Waals surface area contributed by atoms with Crippen LogP contribution < -0.4 is 10.2 Å². The van der Waals surface area contributed by atoms with E-state index in [0.717, 1.165) is 24.3 Å². The summed E-state index contributed by atoms with van der Waals surface area (Å²) >= 11 is 0. The summed E-state index contributed by atoms with van der Waals surface area (Å²) in [4.78, 5) is 13.4. The zero-order valence-corrected chi connectivity index (χ0v) is 13.0. The number of nitrogens with one attached hydrogen (secondary N) is 1. The van der Waals surface area contributed by atoms with Gasteiger partial charge in [-0.1, -0.05) is 6.07 Å². The monoisotopic (exact) mass is 292 g/mol. The minimum absolute atomic E-state index is 0.0902. The Morgan fingerprint density at radius 2 is 2.05 bits per heavy atom. The van der Waals surface area contributed by atoms with Crippen molar-refractivity contribution in [3.63, 3.8) is 0 Å². The van der Waals surface area contributed by atoms with Crippen LogP contribution in [0.1, 0.15) is 26.3 Å². The molecule has 5 heteroatoms. The van der Waals surface area contributed by atoms with Crippen molar-refractivity contribution in [2.75, 3.05) is 36.5 Å². The van der Waals surface area contributed by atoms with Crippen LogP contribution in [0.15, 0.2) is 18.2 Å². The largest absolute Gasteiger partial charge is 0.380 e. The Morgan fingerprint density at radius 1 is 1.33 bits per heavy atom. The summed E-state index contributed by atoms with van der Waals surface area (Å²) in [7, 11) is 0. The van der Waals surface area contributed by atoms with Gasteiger partial charge in [0.15, 0.2) is 6.29 Å². The summed E-state index contributed by atoms with van der Waals surface area (Å²) < 4.78 is 11.0. The molecule has 2 rings (SSSR count). The fraction of sp³-hybridized carbons (Fsp3) is 0.562. The average Bonchev–Trinajstić information content (AvgIpc) is 2.88. The number of carbonyl (C=O) groups excluding carboxylic acids is 1. The second kappa shape index (κ2) is 7.43. The van der Waals surface area contributed by atoms with Crippen molar-refractivity contribution in [1.29, 1.82) is 0 Å². The summed E-state index contributed by atoms with van der Waals surface area (Å²) in [5.74, 6) is 0.0902. The van der Waals surface area contributed by atoms with Crippen LogP contribution in [0.3, 0.4) is 0 Å². The van der Waals surface area contributed by atoms with E-state index >= 15 is 0 Å². The number of anilines is 2. The van der Waals surface area contributed by atoms with E-state index in [-0.39, 0.29) is 12.2 Å². The maximum absolute atomic E-state index is 11.6. The molecule has 0 unspecified atom stereocenters. The third kappa shape index (κ3) is 3.95. The van der Waals surface area contributed by atoms with Crippen LogP contribution in [-0.4, -0.2) is 38.5 Å². The minimum atomic E-state index is -0.253. The van der Waals surface area contributed by atoms with Crippen molar-refractivity contribution in [3.8, 4) is 0 Å². The molecule has 1 aromatic rings. The molecule has 0 spiro atoms. The second-order valence-corrected chi connectivity index (χ2v) is 4.99. The lowest BCUT2D eigenvalue weighted by Crippen LogP contribution is -2.27. The number of benzene rings is 1. The van der Waals surface area contributed by atoms with Gasteiger partial charge >= 0.3 is 0 Å². The third-order valence-electron chi connectivity index (χ3n) is 3.54. The highest BCUT2D eigenvalue weighted by molar-refractivity contribution is 5.94. The number of amides is 1. The molecule has 21 heavy (non-hydrogen) atoms. The highest BCUT2D eigenvalue weighted by Crippen LogP contribution is 2.30. The number of carbonyl (C=O) groups is 1. The molecule has 116 valence electrons. The lowest BCUT2D eigenvalue weighted by Gasteiger charge is -2.19. The van der Waals surface area contributed by atoms with Gasteiger partial charge in [0.05, 0.1) is 6.54 Å². The lowest BCUT2D eigenvalue weighted by atomic mass is 10.1. The Bertz CT molecular complexity index is 484. The van der Waals surface area contributed by atoms with Gasteiger partial charge < -0.3 is 19.7 Å². The predicted molar refractivity (Wildman–Crippen MR) is 83.7 cm³/mol. The Morgan fingerprint density at radius 3 is 2.67 bits per heavy atom. The van der Waals surface area contributed by atoms with Gasteiger partial charge in [-0.25, -0.2) is 0 Å². The van der Waals surface area contributed by atoms with Crippen molar-refractivity contribution in [1.82, 2.24) is 0 Å². The normalized spacial score (nSPS) is 13.6. The molecule has 1 aliphatic rings. The average molecular weight is 292 g/mol. The van der Waals surface area contributed by atoms with Crippen LogP contribution in [0.5, 0.6) is 0 Å². The smallest absolute Gasteiger partial charge is 0.223 e. The molecule has 1 N–H and O–H groups in total. The number of ether oxygens (including phenoxy) is 2. The van der Waals surface area contributed by atoms with Crippen molar-refractivity contribution >= 4 is 17.3 Å². The highest BCUT2D eigenvalue weighted by Gasteiger charge is 2.22. The molecule has 1 heterocycles. The summed E-state index contributed by atoms with van der Waals surface area (Å²) in [5, 5.41) is 3.32. The van der Waals surface area contributed by atoms with Crippen LogP contribution >= 0.6 is 0 Å². The van der Waals surface area contributed by atoms with Gasteiger partial charge in [0.25, 0.3) is 0 Å². The predicted octanol–water partition coefficient (Wildman–Crippen LogP) is 2.41. The molecule has 1 amide bonds. The molecule has 0 aromatic heterocycles. The van der Waals surface area contributed by atoms with Gasteiger partial charge in [0.2, 0.25) is 5.91 Å². The summed E-state index contributed by atoms with van der Waals surface area (Å²) in [5.41, 5.74) is 3.21. The molecule has 0 fully saturated rings. The number of hydrogen-bond acceptors (Lipinski definition) is 4. The fourth-order valence-electron chi connectivity index (χ4n) is 2.56. The number of hydrogen-bond donors (Lipinski definition) is 1. The molecule has 5 nitrogen and oxygen atoms in total.